The van der Waals surface area contributed by atoms with Crippen LogP contribution >= 0.6 is 31.9 Å². The van der Waals surface area contributed by atoms with Gasteiger partial charge in [-0.15, -0.1) is 0 Å². The van der Waals surface area contributed by atoms with Crippen LogP contribution in [0.5, 0.6) is 5.75 Å². The lowest BCUT2D eigenvalue weighted by Gasteiger charge is -2.39. The third-order valence-electron chi connectivity index (χ3n) is 6.15. The lowest BCUT2D eigenvalue weighted by atomic mass is 9.71. The molecule has 0 aromatic heterocycles. The molecule has 33 heavy (non-hydrogen) atoms. The standard InChI is InChI=1S/C28H27Br2NO2/c1-31(2)15-14-28(33,22-9-12-23(29)13-10-22)27(19-6-4-3-5-7-19)25-17-21-16-24(30)11-8-20(21)18-26(25)32/h3-13,16-18,27,32-33H,14-15H2,1-2H3. The van der Waals surface area contributed by atoms with Gasteiger partial charge in [0, 0.05) is 27.0 Å². The molecule has 2 atom stereocenters. The molecule has 4 aromatic carbocycles. The van der Waals surface area contributed by atoms with Gasteiger partial charge in [0.05, 0.1) is 0 Å². The summed E-state index contributed by atoms with van der Waals surface area (Å²) in [6.45, 7) is 0.690. The van der Waals surface area contributed by atoms with E-state index in [1.807, 2.05) is 93.0 Å². The van der Waals surface area contributed by atoms with Gasteiger partial charge in [0.2, 0.25) is 0 Å². The topological polar surface area (TPSA) is 43.7 Å². The van der Waals surface area contributed by atoms with E-state index < -0.39 is 11.5 Å². The molecule has 0 radical (unpaired) electrons. The van der Waals surface area contributed by atoms with Gasteiger partial charge in [0.25, 0.3) is 0 Å². The van der Waals surface area contributed by atoms with E-state index >= 15 is 0 Å². The van der Waals surface area contributed by atoms with Crippen molar-refractivity contribution >= 4 is 42.6 Å². The van der Waals surface area contributed by atoms with Crippen molar-refractivity contribution in [3.63, 3.8) is 0 Å². The summed E-state index contributed by atoms with van der Waals surface area (Å²) in [4.78, 5) is 2.07. The van der Waals surface area contributed by atoms with E-state index in [1.54, 1.807) is 6.07 Å². The fourth-order valence-electron chi connectivity index (χ4n) is 4.45. The summed E-state index contributed by atoms with van der Waals surface area (Å²) >= 11 is 7.07. The molecule has 0 amide bonds. The van der Waals surface area contributed by atoms with Gasteiger partial charge in [-0.05, 0) is 78.8 Å². The predicted octanol–water partition coefficient (Wildman–Crippen LogP) is 7.04. The number of phenolic OH excluding ortho intramolecular Hbond substituents is 1. The molecule has 0 aliphatic heterocycles. The number of aromatic hydroxyl groups is 1. The molecule has 4 rings (SSSR count). The third-order valence-corrected chi connectivity index (χ3v) is 7.18. The highest BCUT2D eigenvalue weighted by Gasteiger charge is 2.41. The fourth-order valence-corrected chi connectivity index (χ4v) is 5.09. The van der Waals surface area contributed by atoms with E-state index in [2.05, 4.69) is 36.8 Å². The number of rotatable bonds is 7. The molecule has 0 saturated heterocycles. The zero-order valence-electron chi connectivity index (χ0n) is 18.7. The van der Waals surface area contributed by atoms with Crippen molar-refractivity contribution in [2.45, 2.75) is 17.9 Å². The van der Waals surface area contributed by atoms with Gasteiger partial charge >= 0.3 is 0 Å². The first-order valence-corrected chi connectivity index (χ1v) is 12.5. The molecular weight excluding hydrogens is 542 g/mol. The number of aliphatic hydroxyl groups is 1. The van der Waals surface area contributed by atoms with Gasteiger partial charge in [0.15, 0.2) is 0 Å². The molecule has 5 heteroatoms. The van der Waals surface area contributed by atoms with E-state index in [9.17, 15) is 10.2 Å². The Kier molecular flexibility index (Phi) is 7.25. The number of nitrogens with zero attached hydrogens (tertiary/aromatic N) is 1. The molecule has 2 N–H and O–H groups in total. The van der Waals surface area contributed by atoms with Crippen LogP contribution < -0.4 is 0 Å². The van der Waals surface area contributed by atoms with Crippen LogP contribution in [0.3, 0.4) is 0 Å². The first kappa shape index (κ1) is 24.0. The number of fused-ring (bicyclic) bond motifs is 1. The smallest absolute Gasteiger partial charge is 0.120 e. The van der Waals surface area contributed by atoms with Gasteiger partial charge in [-0.2, -0.15) is 0 Å². The molecule has 3 nitrogen and oxygen atoms in total. The molecule has 0 spiro atoms. The summed E-state index contributed by atoms with van der Waals surface area (Å²) in [6.07, 6.45) is 0.497. The minimum Gasteiger partial charge on any atom is -0.508 e. The number of halogens is 2. The summed E-state index contributed by atoms with van der Waals surface area (Å²) in [5.41, 5.74) is 1.22. The van der Waals surface area contributed by atoms with Crippen molar-refractivity contribution in [1.82, 2.24) is 4.90 Å². The van der Waals surface area contributed by atoms with Crippen LogP contribution in [-0.2, 0) is 5.60 Å². The van der Waals surface area contributed by atoms with Gasteiger partial charge < -0.3 is 15.1 Å². The minimum absolute atomic E-state index is 0.180. The number of hydrogen-bond donors (Lipinski definition) is 2. The summed E-state index contributed by atoms with van der Waals surface area (Å²) < 4.78 is 1.93. The first-order valence-electron chi connectivity index (χ1n) is 10.9. The van der Waals surface area contributed by atoms with E-state index in [-0.39, 0.29) is 5.75 Å². The highest BCUT2D eigenvalue weighted by atomic mass is 79.9. The Bertz CT molecular complexity index is 1240. The van der Waals surface area contributed by atoms with Crippen LogP contribution in [0.15, 0.2) is 93.9 Å². The second kappa shape index (κ2) is 9.98. The van der Waals surface area contributed by atoms with Crippen molar-refractivity contribution < 1.29 is 10.2 Å². The van der Waals surface area contributed by atoms with Crippen LogP contribution in [0.4, 0.5) is 0 Å². The van der Waals surface area contributed by atoms with Crippen molar-refractivity contribution in [3.8, 4) is 5.75 Å². The Morgan fingerprint density at radius 3 is 2.15 bits per heavy atom. The molecule has 0 heterocycles. The van der Waals surface area contributed by atoms with Crippen molar-refractivity contribution in [2.24, 2.45) is 0 Å². The second-order valence-corrected chi connectivity index (χ2v) is 10.6. The van der Waals surface area contributed by atoms with Crippen LogP contribution in [0, 0.1) is 0 Å². The largest absolute Gasteiger partial charge is 0.508 e. The molecule has 170 valence electrons. The monoisotopic (exact) mass is 567 g/mol. The zero-order valence-corrected chi connectivity index (χ0v) is 21.8. The molecule has 0 bridgehead atoms. The minimum atomic E-state index is -1.25. The van der Waals surface area contributed by atoms with Crippen molar-refractivity contribution in [2.75, 3.05) is 20.6 Å². The van der Waals surface area contributed by atoms with Gasteiger partial charge in [-0.3, -0.25) is 0 Å². The molecular formula is C28H27Br2NO2. The Morgan fingerprint density at radius 2 is 1.48 bits per heavy atom. The van der Waals surface area contributed by atoms with Gasteiger partial charge in [-0.1, -0.05) is 80.4 Å². The average molecular weight is 569 g/mol. The molecule has 0 fully saturated rings. The summed E-state index contributed by atoms with van der Waals surface area (Å²) in [5, 5.41) is 25.6. The Labute approximate surface area is 212 Å². The normalized spacial score (nSPS) is 14.4. The lowest BCUT2D eigenvalue weighted by molar-refractivity contribution is 0.00392. The van der Waals surface area contributed by atoms with Crippen LogP contribution in [0.25, 0.3) is 10.8 Å². The maximum Gasteiger partial charge on any atom is 0.120 e. The summed E-state index contributed by atoms with van der Waals surface area (Å²) in [5.74, 6) is -0.290. The summed E-state index contributed by atoms with van der Waals surface area (Å²) in [7, 11) is 4.01. The van der Waals surface area contributed by atoms with E-state index in [0.717, 1.165) is 30.8 Å². The predicted molar refractivity (Wildman–Crippen MR) is 143 cm³/mol. The van der Waals surface area contributed by atoms with E-state index in [0.29, 0.717) is 18.5 Å². The Morgan fingerprint density at radius 1 is 0.818 bits per heavy atom. The number of benzene rings is 4. The highest BCUT2D eigenvalue weighted by Crippen LogP contribution is 2.48. The number of phenols is 1. The summed E-state index contributed by atoms with van der Waals surface area (Å²) in [6, 6.07) is 27.6. The SMILES string of the molecule is CN(C)CCC(O)(c1ccc(Br)cc1)C(c1ccccc1)c1cc2cc(Br)ccc2cc1O. The van der Waals surface area contributed by atoms with Crippen molar-refractivity contribution in [3.05, 3.63) is 111 Å². The lowest BCUT2D eigenvalue weighted by Crippen LogP contribution is -2.37. The number of hydrogen-bond acceptors (Lipinski definition) is 3. The van der Waals surface area contributed by atoms with Crippen LogP contribution in [0.1, 0.15) is 29.0 Å². The zero-order chi connectivity index (χ0) is 23.6. The average Bonchev–Trinajstić information content (AvgIpc) is 2.79. The van der Waals surface area contributed by atoms with Crippen LogP contribution in [0.2, 0.25) is 0 Å². The highest BCUT2D eigenvalue weighted by molar-refractivity contribution is 9.10. The maximum absolute atomic E-state index is 12.5. The second-order valence-electron chi connectivity index (χ2n) is 8.73. The Hall–Kier alpha value is -2.18. The van der Waals surface area contributed by atoms with Gasteiger partial charge in [0.1, 0.15) is 11.4 Å². The molecule has 0 saturated carbocycles. The van der Waals surface area contributed by atoms with Crippen molar-refractivity contribution in [1.29, 1.82) is 0 Å². The Balaban J connectivity index is 1.98. The molecule has 0 aliphatic carbocycles. The van der Waals surface area contributed by atoms with E-state index in [1.165, 1.54) is 0 Å². The molecule has 0 aliphatic rings. The van der Waals surface area contributed by atoms with Crippen LogP contribution in [-0.4, -0.2) is 35.8 Å². The maximum atomic E-state index is 12.5. The quantitative estimate of drug-likeness (QED) is 0.251. The fraction of sp³-hybridized carbons (Fsp3) is 0.214. The van der Waals surface area contributed by atoms with Gasteiger partial charge in [-0.25, -0.2) is 0 Å². The molecule has 2 unspecified atom stereocenters. The molecule has 4 aromatic rings. The van der Waals surface area contributed by atoms with E-state index in [4.69, 9.17) is 0 Å². The third kappa shape index (κ3) is 5.17. The first-order chi connectivity index (χ1) is 15.8.